The molecule has 0 radical (unpaired) electrons. The van der Waals surface area contributed by atoms with E-state index in [-0.39, 0.29) is 5.75 Å². The van der Waals surface area contributed by atoms with Gasteiger partial charge in [-0.05, 0) is 60.3 Å². The average molecular weight is 424 g/mol. The number of nitrogens with zero attached hydrogens (tertiary/aromatic N) is 3. The molecule has 0 bridgehead atoms. The van der Waals surface area contributed by atoms with Gasteiger partial charge in [-0.3, -0.25) is 5.10 Å². The molecule has 1 saturated heterocycles. The Morgan fingerprint density at radius 2 is 1.66 bits per heavy atom. The molecule has 0 amide bonds. The summed E-state index contributed by atoms with van der Waals surface area (Å²) in [4.78, 5) is 8.40. The predicted molar refractivity (Wildman–Crippen MR) is 130 cm³/mol. The SMILES string of the molecule is CN1CCN(c2cccc3[nH]c(-c4cc(-c5ccc6cc(O)ccc6c5)[nH]n4)cc23)CC1. The lowest BCUT2D eigenvalue weighted by molar-refractivity contribution is 0.313. The first-order chi connectivity index (χ1) is 15.6. The number of hydrogen-bond acceptors (Lipinski definition) is 4. The van der Waals surface area contributed by atoms with Gasteiger partial charge in [-0.15, -0.1) is 0 Å². The van der Waals surface area contributed by atoms with Gasteiger partial charge in [0, 0.05) is 48.3 Å². The first-order valence-corrected chi connectivity index (χ1v) is 11.0. The zero-order chi connectivity index (χ0) is 21.7. The van der Waals surface area contributed by atoms with Crippen molar-refractivity contribution >= 4 is 27.4 Å². The molecule has 0 spiro atoms. The van der Waals surface area contributed by atoms with E-state index in [1.165, 1.54) is 11.1 Å². The number of phenolic OH excluding ortho intramolecular Hbond substituents is 1. The number of benzene rings is 3. The third-order valence-electron chi connectivity index (χ3n) is 6.47. The van der Waals surface area contributed by atoms with Gasteiger partial charge in [0.1, 0.15) is 11.4 Å². The minimum absolute atomic E-state index is 0.281. The molecule has 32 heavy (non-hydrogen) atoms. The Labute approximate surface area is 186 Å². The fraction of sp³-hybridized carbons (Fsp3) is 0.192. The molecular formula is C26H25N5O. The highest BCUT2D eigenvalue weighted by atomic mass is 16.3. The largest absolute Gasteiger partial charge is 0.508 e. The summed E-state index contributed by atoms with van der Waals surface area (Å²) >= 11 is 0. The average Bonchev–Trinajstić information content (AvgIpc) is 3.46. The van der Waals surface area contributed by atoms with E-state index in [0.29, 0.717) is 0 Å². The molecule has 0 atom stereocenters. The summed E-state index contributed by atoms with van der Waals surface area (Å²) in [6.45, 7) is 4.26. The molecule has 0 unspecified atom stereocenters. The number of aromatic nitrogens is 3. The fourth-order valence-electron chi connectivity index (χ4n) is 4.61. The van der Waals surface area contributed by atoms with Gasteiger partial charge in [0.15, 0.2) is 0 Å². The predicted octanol–water partition coefficient (Wildman–Crippen LogP) is 4.84. The van der Waals surface area contributed by atoms with E-state index >= 15 is 0 Å². The normalized spacial score (nSPS) is 15.1. The summed E-state index contributed by atoms with van der Waals surface area (Å²) in [5.74, 6) is 0.281. The van der Waals surface area contributed by atoms with Crippen molar-refractivity contribution in [3.8, 4) is 28.4 Å². The van der Waals surface area contributed by atoms with Crippen LogP contribution < -0.4 is 4.90 Å². The van der Waals surface area contributed by atoms with Gasteiger partial charge in [0.25, 0.3) is 0 Å². The molecule has 0 aliphatic carbocycles. The Kier molecular flexibility index (Phi) is 4.40. The number of nitrogens with one attached hydrogen (secondary N) is 2. The van der Waals surface area contributed by atoms with Gasteiger partial charge in [0.2, 0.25) is 0 Å². The number of aromatic hydroxyl groups is 1. The molecule has 6 rings (SSSR count). The summed E-state index contributed by atoms with van der Waals surface area (Å²) in [5, 5.41) is 20.8. The number of H-pyrrole nitrogens is 2. The van der Waals surface area contributed by atoms with Crippen LogP contribution in [0, 0.1) is 0 Å². The topological polar surface area (TPSA) is 71.2 Å². The summed E-state index contributed by atoms with van der Waals surface area (Å²) < 4.78 is 0. The Balaban J connectivity index is 1.34. The highest BCUT2D eigenvalue weighted by Gasteiger charge is 2.18. The summed E-state index contributed by atoms with van der Waals surface area (Å²) in [7, 11) is 2.18. The molecule has 3 N–H and O–H groups in total. The smallest absolute Gasteiger partial charge is 0.116 e. The second kappa shape index (κ2) is 7.43. The van der Waals surface area contributed by atoms with Gasteiger partial charge >= 0.3 is 0 Å². The van der Waals surface area contributed by atoms with E-state index in [1.807, 2.05) is 12.1 Å². The number of aromatic amines is 2. The van der Waals surface area contributed by atoms with Gasteiger partial charge < -0.3 is 19.9 Å². The summed E-state index contributed by atoms with van der Waals surface area (Å²) in [5.41, 5.74) is 6.35. The van der Waals surface area contributed by atoms with Crippen LogP contribution in [0.3, 0.4) is 0 Å². The molecule has 2 aromatic heterocycles. The number of fused-ring (bicyclic) bond motifs is 2. The van der Waals surface area contributed by atoms with Gasteiger partial charge in [-0.2, -0.15) is 5.10 Å². The summed E-state index contributed by atoms with van der Waals surface area (Å²) in [6.07, 6.45) is 0. The van der Waals surface area contributed by atoms with Crippen molar-refractivity contribution in [1.29, 1.82) is 0 Å². The van der Waals surface area contributed by atoms with Crippen LogP contribution in [0.2, 0.25) is 0 Å². The van der Waals surface area contributed by atoms with Crippen molar-refractivity contribution in [3.63, 3.8) is 0 Å². The Morgan fingerprint density at radius 1 is 0.844 bits per heavy atom. The number of rotatable bonds is 3. The Morgan fingerprint density at radius 3 is 2.53 bits per heavy atom. The van der Waals surface area contributed by atoms with E-state index in [2.05, 4.69) is 74.5 Å². The third kappa shape index (κ3) is 3.29. The highest BCUT2D eigenvalue weighted by Crippen LogP contribution is 2.33. The Bertz CT molecular complexity index is 1420. The number of phenols is 1. The maximum absolute atomic E-state index is 9.70. The first kappa shape index (κ1) is 19.0. The maximum atomic E-state index is 9.70. The molecule has 1 aliphatic rings. The molecule has 160 valence electrons. The van der Waals surface area contributed by atoms with Crippen molar-refractivity contribution in [2.45, 2.75) is 0 Å². The molecule has 3 aromatic carbocycles. The van der Waals surface area contributed by atoms with Crippen LogP contribution in [0.25, 0.3) is 44.3 Å². The van der Waals surface area contributed by atoms with Crippen LogP contribution in [0.5, 0.6) is 5.75 Å². The van der Waals surface area contributed by atoms with E-state index < -0.39 is 0 Å². The minimum atomic E-state index is 0.281. The first-order valence-electron chi connectivity index (χ1n) is 11.0. The molecule has 0 saturated carbocycles. The van der Waals surface area contributed by atoms with Crippen molar-refractivity contribution in [2.24, 2.45) is 0 Å². The molecule has 1 fully saturated rings. The number of piperazine rings is 1. The molecule has 5 aromatic rings. The van der Waals surface area contributed by atoms with Gasteiger partial charge in [0.05, 0.1) is 11.4 Å². The minimum Gasteiger partial charge on any atom is -0.508 e. The fourth-order valence-corrected chi connectivity index (χ4v) is 4.61. The maximum Gasteiger partial charge on any atom is 0.116 e. The van der Waals surface area contributed by atoms with Gasteiger partial charge in [-0.1, -0.05) is 24.3 Å². The van der Waals surface area contributed by atoms with Crippen LogP contribution in [-0.2, 0) is 0 Å². The molecule has 6 nitrogen and oxygen atoms in total. The monoisotopic (exact) mass is 423 g/mol. The van der Waals surface area contributed by atoms with Crippen LogP contribution in [-0.4, -0.2) is 58.4 Å². The van der Waals surface area contributed by atoms with Crippen LogP contribution in [0.15, 0.2) is 66.7 Å². The van der Waals surface area contributed by atoms with E-state index in [9.17, 15) is 5.11 Å². The van der Waals surface area contributed by atoms with E-state index in [0.717, 1.165) is 65.1 Å². The Hall–Kier alpha value is -3.77. The van der Waals surface area contributed by atoms with Crippen molar-refractivity contribution in [1.82, 2.24) is 20.1 Å². The molecule has 3 heterocycles. The molecule has 6 heteroatoms. The third-order valence-corrected chi connectivity index (χ3v) is 6.47. The van der Waals surface area contributed by atoms with Crippen molar-refractivity contribution < 1.29 is 5.11 Å². The number of hydrogen-bond donors (Lipinski definition) is 3. The second-order valence-electron chi connectivity index (χ2n) is 8.62. The summed E-state index contributed by atoms with van der Waals surface area (Å²) in [6, 6.07) is 22.4. The zero-order valence-electron chi connectivity index (χ0n) is 18.0. The van der Waals surface area contributed by atoms with Crippen LogP contribution in [0.4, 0.5) is 5.69 Å². The van der Waals surface area contributed by atoms with E-state index in [4.69, 9.17) is 0 Å². The highest BCUT2D eigenvalue weighted by molar-refractivity contribution is 5.96. The lowest BCUT2D eigenvalue weighted by atomic mass is 10.0. The van der Waals surface area contributed by atoms with Crippen molar-refractivity contribution in [3.05, 3.63) is 66.7 Å². The number of likely N-dealkylation sites (N-methyl/N-ethyl adjacent to an activating group) is 1. The lowest BCUT2D eigenvalue weighted by Gasteiger charge is -2.34. The van der Waals surface area contributed by atoms with Gasteiger partial charge in [-0.25, -0.2) is 0 Å². The number of anilines is 1. The standard InChI is InChI=1S/C26H25N5O/c1-30-9-11-31(12-10-30)26-4-2-3-22-21(26)15-24(27-22)25-16-23(28-29-25)19-6-5-18-14-20(32)8-7-17(18)13-19/h2-8,13-16,27,32H,9-12H2,1H3,(H,28,29). The second-order valence-corrected chi connectivity index (χ2v) is 8.62. The van der Waals surface area contributed by atoms with Crippen molar-refractivity contribution in [2.75, 3.05) is 38.1 Å². The lowest BCUT2D eigenvalue weighted by Crippen LogP contribution is -2.44. The van der Waals surface area contributed by atoms with Crippen LogP contribution in [0.1, 0.15) is 0 Å². The van der Waals surface area contributed by atoms with Crippen LogP contribution >= 0.6 is 0 Å². The molecular weight excluding hydrogens is 398 g/mol. The quantitative estimate of drug-likeness (QED) is 0.389. The zero-order valence-corrected chi connectivity index (χ0v) is 18.0. The molecule has 1 aliphatic heterocycles. The van der Waals surface area contributed by atoms with E-state index in [1.54, 1.807) is 12.1 Å².